The van der Waals surface area contributed by atoms with Crippen molar-refractivity contribution in [1.82, 2.24) is 0 Å². The largest absolute Gasteiger partial charge is 0.378 e. The summed E-state index contributed by atoms with van der Waals surface area (Å²) in [6.07, 6.45) is 4.07. The Hall–Kier alpha value is -2.33. The van der Waals surface area contributed by atoms with E-state index in [0.29, 0.717) is 0 Å². The highest BCUT2D eigenvalue weighted by molar-refractivity contribution is 5.99. The number of rotatable bonds is 4. The second-order valence-corrected chi connectivity index (χ2v) is 7.76. The maximum Gasteiger partial charge on any atom is 0.235 e. The van der Waals surface area contributed by atoms with Crippen LogP contribution in [0.3, 0.4) is 0 Å². The number of amides is 1. The molecular formula is C23H28N2O2. The zero-order valence-corrected chi connectivity index (χ0v) is 16.0. The van der Waals surface area contributed by atoms with Crippen molar-refractivity contribution in [3.05, 3.63) is 59.7 Å². The van der Waals surface area contributed by atoms with Crippen molar-refractivity contribution in [3.8, 4) is 0 Å². The summed E-state index contributed by atoms with van der Waals surface area (Å²) in [7, 11) is 0. The number of hydrogen-bond donors (Lipinski definition) is 1. The monoisotopic (exact) mass is 364 g/mol. The molecule has 0 unspecified atom stereocenters. The summed E-state index contributed by atoms with van der Waals surface area (Å²) in [5, 5.41) is 3.19. The van der Waals surface area contributed by atoms with Crippen molar-refractivity contribution in [2.75, 3.05) is 36.5 Å². The SMILES string of the molecule is Cc1ccc(C2(C(=O)Nc3ccc(N4CCOCC4)cc3)CCCC2)cc1. The molecule has 4 rings (SSSR count). The van der Waals surface area contributed by atoms with Crippen molar-refractivity contribution in [3.63, 3.8) is 0 Å². The van der Waals surface area contributed by atoms with Gasteiger partial charge in [-0.1, -0.05) is 42.7 Å². The number of benzene rings is 2. The van der Waals surface area contributed by atoms with Gasteiger partial charge in [0.1, 0.15) is 0 Å². The second-order valence-electron chi connectivity index (χ2n) is 7.76. The first-order valence-electron chi connectivity index (χ1n) is 9.99. The molecule has 2 aromatic rings. The van der Waals surface area contributed by atoms with E-state index in [0.717, 1.165) is 63.2 Å². The number of hydrogen-bond acceptors (Lipinski definition) is 3. The lowest BCUT2D eigenvalue weighted by molar-refractivity contribution is -0.121. The quantitative estimate of drug-likeness (QED) is 0.880. The summed E-state index contributed by atoms with van der Waals surface area (Å²) >= 11 is 0. The minimum atomic E-state index is -0.392. The van der Waals surface area contributed by atoms with Gasteiger partial charge in [0.15, 0.2) is 0 Å². The van der Waals surface area contributed by atoms with Gasteiger partial charge in [-0.3, -0.25) is 4.79 Å². The summed E-state index contributed by atoms with van der Waals surface area (Å²) in [6, 6.07) is 16.7. The van der Waals surface area contributed by atoms with Gasteiger partial charge in [-0.2, -0.15) is 0 Å². The van der Waals surface area contributed by atoms with Gasteiger partial charge in [0.05, 0.1) is 18.6 Å². The number of aryl methyl sites for hydroxylation is 1. The Labute approximate surface area is 161 Å². The minimum Gasteiger partial charge on any atom is -0.378 e. The maximum absolute atomic E-state index is 13.3. The molecule has 0 spiro atoms. The number of morpholine rings is 1. The van der Waals surface area contributed by atoms with Crippen LogP contribution in [0.2, 0.25) is 0 Å². The highest BCUT2D eigenvalue weighted by Gasteiger charge is 2.42. The van der Waals surface area contributed by atoms with Gasteiger partial charge in [-0.15, -0.1) is 0 Å². The number of nitrogens with zero attached hydrogens (tertiary/aromatic N) is 1. The predicted octanol–water partition coefficient (Wildman–Crippen LogP) is 4.28. The molecule has 2 fully saturated rings. The summed E-state index contributed by atoms with van der Waals surface area (Å²) < 4.78 is 5.42. The van der Waals surface area contributed by atoms with Gasteiger partial charge < -0.3 is 15.0 Å². The average Bonchev–Trinajstić information content (AvgIpc) is 3.21. The van der Waals surface area contributed by atoms with Gasteiger partial charge in [-0.25, -0.2) is 0 Å². The van der Waals surface area contributed by atoms with Crippen molar-refractivity contribution < 1.29 is 9.53 Å². The molecule has 142 valence electrons. The van der Waals surface area contributed by atoms with Crippen molar-refractivity contribution in [2.45, 2.75) is 38.0 Å². The van der Waals surface area contributed by atoms with Crippen LogP contribution in [-0.4, -0.2) is 32.2 Å². The van der Waals surface area contributed by atoms with Crippen LogP contribution in [0.4, 0.5) is 11.4 Å². The minimum absolute atomic E-state index is 0.128. The lowest BCUT2D eigenvalue weighted by Gasteiger charge is -2.30. The zero-order chi connectivity index (χ0) is 18.7. The van der Waals surface area contributed by atoms with Gasteiger partial charge in [0.25, 0.3) is 0 Å². The third kappa shape index (κ3) is 3.72. The first kappa shape index (κ1) is 18.1. The smallest absolute Gasteiger partial charge is 0.235 e. The standard InChI is InChI=1S/C23H28N2O2/c1-18-4-6-19(7-5-18)23(12-2-3-13-23)22(26)24-20-8-10-21(11-9-20)25-14-16-27-17-15-25/h4-11H,2-3,12-17H2,1H3,(H,24,26). The molecule has 0 bridgehead atoms. The molecule has 27 heavy (non-hydrogen) atoms. The van der Waals surface area contributed by atoms with E-state index in [4.69, 9.17) is 4.74 Å². The Bertz CT molecular complexity index is 771. The third-order valence-electron chi connectivity index (χ3n) is 6.00. The van der Waals surface area contributed by atoms with Gasteiger partial charge in [-0.05, 0) is 49.6 Å². The molecule has 1 saturated heterocycles. The highest BCUT2D eigenvalue weighted by Crippen LogP contribution is 2.42. The van der Waals surface area contributed by atoms with Crippen LogP contribution < -0.4 is 10.2 Å². The van der Waals surface area contributed by atoms with E-state index in [1.54, 1.807) is 0 Å². The number of carbonyl (C=O) groups is 1. The zero-order valence-electron chi connectivity index (χ0n) is 16.0. The van der Waals surface area contributed by atoms with Crippen LogP contribution in [0, 0.1) is 6.92 Å². The van der Waals surface area contributed by atoms with Crippen LogP contribution in [0.5, 0.6) is 0 Å². The Morgan fingerprint density at radius 3 is 2.22 bits per heavy atom. The first-order chi connectivity index (χ1) is 13.2. The lowest BCUT2D eigenvalue weighted by Crippen LogP contribution is -2.38. The molecule has 1 heterocycles. The normalized spacial score (nSPS) is 19.1. The summed E-state index contributed by atoms with van der Waals surface area (Å²) in [5.74, 6) is 0.128. The molecule has 1 N–H and O–H groups in total. The van der Waals surface area contributed by atoms with E-state index in [9.17, 15) is 4.79 Å². The first-order valence-corrected chi connectivity index (χ1v) is 9.99. The fraction of sp³-hybridized carbons (Fsp3) is 0.435. The third-order valence-corrected chi connectivity index (χ3v) is 6.00. The fourth-order valence-electron chi connectivity index (χ4n) is 4.33. The fourth-order valence-corrected chi connectivity index (χ4v) is 4.33. The highest BCUT2D eigenvalue weighted by atomic mass is 16.5. The Morgan fingerprint density at radius 1 is 0.963 bits per heavy atom. The Kier molecular flexibility index (Phi) is 5.17. The number of anilines is 2. The van der Waals surface area contributed by atoms with Gasteiger partial charge >= 0.3 is 0 Å². The van der Waals surface area contributed by atoms with Crippen molar-refractivity contribution >= 4 is 17.3 Å². The molecule has 1 aliphatic carbocycles. The van der Waals surface area contributed by atoms with Crippen molar-refractivity contribution in [1.29, 1.82) is 0 Å². The summed E-state index contributed by atoms with van der Waals surface area (Å²) in [6.45, 7) is 5.47. The van der Waals surface area contributed by atoms with E-state index in [2.05, 4.69) is 53.5 Å². The van der Waals surface area contributed by atoms with Gasteiger partial charge in [0, 0.05) is 24.5 Å². The van der Waals surface area contributed by atoms with E-state index in [-0.39, 0.29) is 5.91 Å². The molecule has 1 amide bonds. The molecule has 2 aromatic carbocycles. The molecular weight excluding hydrogens is 336 g/mol. The topological polar surface area (TPSA) is 41.6 Å². The molecule has 0 radical (unpaired) electrons. The predicted molar refractivity (Wildman–Crippen MR) is 109 cm³/mol. The van der Waals surface area contributed by atoms with E-state index in [1.807, 2.05) is 12.1 Å². The maximum atomic E-state index is 13.3. The molecule has 2 aliphatic rings. The Balaban J connectivity index is 1.50. The van der Waals surface area contributed by atoms with Crippen LogP contribution >= 0.6 is 0 Å². The molecule has 0 atom stereocenters. The number of ether oxygens (including phenoxy) is 1. The molecule has 1 aliphatic heterocycles. The number of carbonyl (C=O) groups excluding carboxylic acids is 1. The summed E-state index contributed by atoms with van der Waals surface area (Å²) in [4.78, 5) is 15.6. The van der Waals surface area contributed by atoms with Gasteiger partial charge in [0.2, 0.25) is 5.91 Å². The van der Waals surface area contributed by atoms with Crippen LogP contribution in [0.1, 0.15) is 36.8 Å². The van der Waals surface area contributed by atoms with E-state index in [1.165, 1.54) is 11.3 Å². The van der Waals surface area contributed by atoms with E-state index < -0.39 is 5.41 Å². The molecule has 4 heteroatoms. The van der Waals surface area contributed by atoms with Crippen LogP contribution in [-0.2, 0) is 14.9 Å². The number of nitrogens with one attached hydrogen (secondary N) is 1. The second kappa shape index (κ2) is 7.73. The van der Waals surface area contributed by atoms with Crippen molar-refractivity contribution in [2.24, 2.45) is 0 Å². The molecule has 0 aromatic heterocycles. The molecule has 4 nitrogen and oxygen atoms in total. The van der Waals surface area contributed by atoms with Crippen LogP contribution in [0.15, 0.2) is 48.5 Å². The molecule has 1 saturated carbocycles. The van der Waals surface area contributed by atoms with Crippen LogP contribution in [0.25, 0.3) is 0 Å². The van der Waals surface area contributed by atoms with E-state index >= 15 is 0 Å². The summed E-state index contributed by atoms with van der Waals surface area (Å²) in [5.41, 5.74) is 4.04. The Morgan fingerprint density at radius 2 is 1.59 bits per heavy atom. The lowest BCUT2D eigenvalue weighted by atomic mass is 9.77. The average molecular weight is 364 g/mol.